The van der Waals surface area contributed by atoms with Gasteiger partial charge in [0, 0.05) is 54.2 Å². The van der Waals surface area contributed by atoms with E-state index in [0.29, 0.717) is 23.8 Å². The van der Waals surface area contributed by atoms with Crippen LogP contribution in [-0.2, 0) is 4.79 Å². The average Bonchev–Trinajstić information content (AvgIpc) is 3.56. The van der Waals surface area contributed by atoms with E-state index in [4.69, 9.17) is 11.6 Å². The summed E-state index contributed by atoms with van der Waals surface area (Å²) in [7, 11) is 0. The van der Waals surface area contributed by atoms with Crippen LogP contribution in [0.5, 0.6) is 0 Å². The third-order valence-corrected chi connectivity index (χ3v) is 5.67. The molecule has 2 fully saturated rings. The molecule has 2 aromatic carbocycles. The van der Waals surface area contributed by atoms with Gasteiger partial charge in [-0.1, -0.05) is 23.7 Å². The number of anilines is 3. The number of halogens is 1. The number of rotatable bonds is 4. The predicted molar refractivity (Wildman–Crippen MR) is 117 cm³/mol. The lowest BCUT2D eigenvalue weighted by Gasteiger charge is -2.36. The number of carbonyl (C=O) groups excluding carboxylic acids is 2. The van der Waals surface area contributed by atoms with Crippen molar-refractivity contribution in [2.75, 3.05) is 41.7 Å². The van der Waals surface area contributed by atoms with E-state index in [0.717, 1.165) is 42.9 Å². The molecular weight excluding hydrogens is 388 g/mol. The van der Waals surface area contributed by atoms with Crippen molar-refractivity contribution in [1.82, 2.24) is 4.90 Å². The number of aryl methyl sites for hydroxylation is 1. The molecule has 0 atom stereocenters. The number of amides is 3. The van der Waals surface area contributed by atoms with Crippen LogP contribution in [0.15, 0.2) is 42.5 Å². The van der Waals surface area contributed by atoms with Crippen molar-refractivity contribution in [1.29, 1.82) is 0 Å². The highest BCUT2D eigenvalue weighted by molar-refractivity contribution is 6.30. The van der Waals surface area contributed by atoms with Gasteiger partial charge in [-0.2, -0.15) is 0 Å². The van der Waals surface area contributed by atoms with Crippen molar-refractivity contribution in [2.45, 2.75) is 19.8 Å². The summed E-state index contributed by atoms with van der Waals surface area (Å²) in [5, 5.41) is 6.64. The summed E-state index contributed by atoms with van der Waals surface area (Å²) in [5.41, 5.74) is 3.47. The largest absolute Gasteiger partial charge is 0.368 e. The fraction of sp³-hybridized carbons (Fsp3) is 0.364. The molecule has 1 aliphatic heterocycles. The third kappa shape index (κ3) is 4.82. The fourth-order valence-electron chi connectivity index (χ4n) is 3.46. The molecule has 4 rings (SSSR count). The summed E-state index contributed by atoms with van der Waals surface area (Å²) in [6, 6.07) is 13.3. The standard InChI is InChI=1S/C22H25ClN4O2/c1-15-5-8-18(24-21(28)16-6-7-16)14-20(15)25-22(29)27-11-9-26(10-12-27)19-4-2-3-17(23)13-19/h2-5,8,13-14,16H,6-7,9-12H2,1H3,(H,24,28)(H,25,29). The Morgan fingerprint density at radius 1 is 1.00 bits per heavy atom. The second-order valence-corrected chi connectivity index (χ2v) is 8.11. The molecule has 1 saturated heterocycles. The molecule has 3 amide bonds. The van der Waals surface area contributed by atoms with Gasteiger partial charge in [-0.05, 0) is 55.7 Å². The maximum absolute atomic E-state index is 12.8. The van der Waals surface area contributed by atoms with Crippen molar-refractivity contribution in [3.05, 3.63) is 53.1 Å². The molecule has 0 unspecified atom stereocenters. The molecule has 2 N–H and O–H groups in total. The normalized spacial score (nSPS) is 16.5. The fourth-order valence-corrected chi connectivity index (χ4v) is 3.64. The highest BCUT2D eigenvalue weighted by atomic mass is 35.5. The number of carbonyl (C=O) groups is 2. The molecule has 2 aromatic rings. The van der Waals surface area contributed by atoms with Crippen molar-refractivity contribution in [2.24, 2.45) is 5.92 Å². The number of hydrogen-bond donors (Lipinski definition) is 2. The van der Waals surface area contributed by atoms with E-state index < -0.39 is 0 Å². The van der Waals surface area contributed by atoms with Gasteiger partial charge < -0.3 is 20.4 Å². The summed E-state index contributed by atoms with van der Waals surface area (Å²) in [5.74, 6) is 0.202. The molecular formula is C22H25ClN4O2. The van der Waals surface area contributed by atoms with E-state index in [1.54, 1.807) is 0 Å². The number of piperazine rings is 1. The minimum Gasteiger partial charge on any atom is -0.368 e. The van der Waals surface area contributed by atoms with Crippen LogP contribution >= 0.6 is 11.6 Å². The highest BCUT2D eigenvalue weighted by Crippen LogP contribution is 2.31. The van der Waals surface area contributed by atoms with Gasteiger partial charge >= 0.3 is 6.03 Å². The predicted octanol–water partition coefficient (Wildman–Crippen LogP) is 4.35. The first-order chi connectivity index (χ1) is 14.0. The zero-order chi connectivity index (χ0) is 20.4. The number of hydrogen-bond acceptors (Lipinski definition) is 3. The molecule has 2 aliphatic rings. The van der Waals surface area contributed by atoms with Crippen LogP contribution in [0, 0.1) is 12.8 Å². The number of nitrogens with one attached hydrogen (secondary N) is 2. The Morgan fingerprint density at radius 2 is 1.76 bits per heavy atom. The molecule has 0 aromatic heterocycles. The van der Waals surface area contributed by atoms with Gasteiger partial charge in [0.05, 0.1) is 0 Å². The average molecular weight is 413 g/mol. The maximum Gasteiger partial charge on any atom is 0.321 e. The van der Waals surface area contributed by atoms with Crippen molar-refractivity contribution >= 4 is 40.6 Å². The molecule has 0 radical (unpaired) electrons. The Hall–Kier alpha value is -2.73. The molecule has 0 spiro atoms. The van der Waals surface area contributed by atoms with Crippen LogP contribution in [0.3, 0.4) is 0 Å². The van der Waals surface area contributed by atoms with E-state index in [9.17, 15) is 9.59 Å². The molecule has 1 saturated carbocycles. The van der Waals surface area contributed by atoms with E-state index in [2.05, 4.69) is 15.5 Å². The summed E-state index contributed by atoms with van der Waals surface area (Å²) >= 11 is 6.09. The number of benzene rings is 2. The lowest BCUT2D eigenvalue weighted by atomic mass is 10.1. The zero-order valence-corrected chi connectivity index (χ0v) is 17.2. The maximum atomic E-state index is 12.8. The minimum atomic E-state index is -0.121. The highest BCUT2D eigenvalue weighted by Gasteiger charge is 2.29. The lowest BCUT2D eigenvalue weighted by Crippen LogP contribution is -2.50. The first-order valence-corrected chi connectivity index (χ1v) is 10.4. The Labute approximate surface area is 175 Å². The molecule has 6 nitrogen and oxygen atoms in total. The number of nitrogens with zero attached hydrogens (tertiary/aromatic N) is 2. The Balaban J connectivity index is 1.35. The molecule has 7 heteroatoms. The van der Waals surface area contributed by atoms with Crippen LogP contribution < -0.4 is 15.5 Å². The Bertz CT molecular complexity index is 921. The first kappa shape index (κ1) is 19.6. The van der Waals surface area contributed by atoms with Gasteiger partial charge in [0.25, 0.3) is 0 Å². The van der Waals surface area contributed by atoms with Crippen LogP contribution in [-0.4, -0.2) is 43.0 Å². The van der Waals surface area contributed by atoms with Crippen LogP contribution in [0.1, 0.15) is 18.4 Å². The van der Waals surface area contributed by atoms with E-state index in [1.807, 2.05) is 54.3 Å². The summed E-state index contributed by atoms with van der Waals surface area (Å²) in [6.07, 6.45) is 1.92. The summed E-state index contributed by atoms with van der Waals surface area (Å²) < 4.78 is 0. The third-order valence-electron chi connectivity index (χ3n) is 5.44. The Kier molecular flexibility index (Phi) is 5.62. The summed E-state index contributed by atoms with van der Waals surface area (Å²) in [6.45, 7) is 4.72. The lowest BCUT2D eigenvalue weighted by molar-refractivity contribution is -0.117. The van der Waals surface area contributed by atoms with Crippen molar-refractivity contribution < 1.29 is 9.59 Å². The van der Waals surface area contributed by atoms with Gasteiger partial charge in [0.2, 0.25) is 5.91 Å². The minimum absolute atomic E-state index is 0.0586. The van der Waals surface area contributed by atoms with Gasteiger partial charge in [0.15, 0.2) is 0 Å². The van der Waals surface area contributed by atoms with Crippen LogP contribution in [0.25, 0.3) is 0 Å². The second-order valence-electron chi connectivity index (χ2n) is 7.68. The molecule has 29 heavy (non-hydrogen) atoms. The van der Waals surface area contributed by atoms with Gasteiger partial charge in [0.1, 0.15) is 0 Å². The first-order valence-electron chi connectivity index (χ1n) is 9.97. The van der Waals surface area contributed by atoms with Gasteiger partial charge in [-0.25, -0.2) is 4.79 Å². The van der Waals surface area contributed by atoms with Crippen molar-refractivity contribution in [3.8, 4) is 0 Å². The molecule has 1 aliphatic carbocycles. The topological polar surface area (TPSA) is 64.7 Å². The Morgan fingerprint density at radius 3 is 2.45 bits per heavy atom. The molecule has 0 bridgehead atoms. The number of urea groups is 1. The smallest absolute Gasteiger partial charge is 0.321 e. The van der Waals surface area contributed by atoms with Gasteiger partial charge in [-0.3, -0.25) is 4.79 Å². The second kappa shape index (κ2) is 8.33. The molecule has 1 heterocycles. The quantitative estimate of drug-likeness (QED) is 0.784. The van der Waals surface area contributed by atoms with E-state index in [1.165, 1.54) is 0 Å². The molecule has 152 valence electrons. The van der Waals surface area contributed by atoms with E-state index in [-0.39, 0.29) is 17.9 Å². The van der Waals surface area contributed by atoms with E-state index >= 15 is 0 Å². The summed E-state index contributed by atoms with van der Waals surface area (Å²) in [4.78, 5) is 28.8. The van der Waals surface area contributed by atoms with Crippen LogP contribution in [0.2, 0.25) is 5.02 Å². The zero-order valence-electron chi connectivity index (χ0n) is 16.5. The SMILES string of the molecule is Cc1ccc(NC(=O)C2CC2)cc1NC(=O)N1CCN(c2cccc(Cl)c2)CC1. The van der Waals surface area contributed by atoms with Crippen molar-refractivity contribution in [3.63, 3.8) is 0 Å². The van der Waals surface area contributed by atoms with Gasteiger partial charge in [-0.15, -0.1) is 0 Å². The monoisotopic (exact) mass is 412 g/mol. The van der Waals surface area contributed by atoms with Crippen LogP contribution in [0.4, 0.5) is 21.9 Å².